The Morgan fingerprint density at radius 2 is 2.00 bits per heavy atom. The van der Waals surface area contributed by atoms with Crippen LogP contribution in [-0.4, -0.2) is 23.9 Å². The van der Waals surface area contributed by atoms with E-state index in [9.17, 15) is 14.7 Å². The van der Waals surface area contributed by atoms with Gasteiger partial charge in [0.2, 0.25) is 0 Å². The fraction of sp³-hybridized carbons (Fsp3) is 0.529. The zero-order valence-corrected chi connectivity index (χ0v) is 12.8. The molecule has 0 aliphatic carbocycles. The molecule has 0 saturated carbocycles. The maximum absolute atomic E-state index is 11.8. The van der Waals surface area contributed by atoms with E-state index in [-0.39, 0.29) is 35.1 Å². The third-order valence-corrected chi connectivity index (χ3v) is 4.13. The lowest BCUT2D eigenvalue weighted by Gasteiger charge is -2.24. The Hall–Kier alpha value is -1.52. The van der Waals surface area contributed by atoms with Crippen LogP contribution in [0.3, 0.4) is 0 Å². The van der Waals surface area contributed by atoms with Crippen LogP contribution in [0, 0.1) is 12.3 Å². The second kappa shape index (κ2) is 6.08. The van der Waals surface area contributed by atoms with E-state index in [2.05, 4.69) is 13.8 Å². The number of ether oxygens (including phenoxy) is 1. The molecule has 4 nitrogen and oxygen atoms in total. The Balaban J connectivity index is 2.30. The maximum atomic E-state index is 11.8. The number of hydrogen-bond donors (Lipinski definition) is 1. The summed E-state index contributed by atoms with van der Waals surface area (Å²) in [7, 11) is 0. The van der Waals surface area contributed by atoms with Crippen molar-refractivity contribution in [3.8, 4) is 0 Å². The molecule has 1 aromatic carbocycles. The molecule has 0 radical (unpaired) electrons. The van der Waals surface area contributed by atoms with E-state index in [1.165, 1.54) is 12.1 Å². The van der Waals surface area contributed by atoms with E-state index in [1.54, 1.807) is 19.1 Å². The summed E-state index contributed by atoms with van der Waals surface area (Å²) in [6.07, 6.45) is 1.13. The SMILES string of the molecule is Cc1cc(=O)cc(CC2OC(CO)CC2(C)C)ccc1=O. The molecule has 1 fully saturated rings. The Labute approximate surface area is 124 Å². The van der Waals surface area contributed by atoms with Crippen molar-refractivity contribution < 1.29 is 9.84 Å². The lowest BCUT2D eigenvalue weighted by Crippen LogP contribution is -2.27. The molecular weight excluding hydrogens is 268 g/mol. The van der Waals surface area contributed by atoms with Crippen LogP contribution >= 0.6 is 0 Å². The van der Waals surface area contributed by atoms with Gasteiger partial charge in [0, 0.05) is 5.56 Å². The van der Waals surface area contributed by atoms with Gasteiger partial charge in [-0.15, -0.1) is 0 Å². The highest BCUT2D eigenvalue weighted by atomic mass is 16.5. The zero-order chi connectivity index (χ0) is 15.6. The molecule has 21 heavy (non-hydrogen) atoms. The molecule has 2 atom stereocenters. The second-order valence-corrected chi connectivity index (χ2v) is 6.47. The molecule has 0 aromatic heterocycles. The third-order valence-electron chi connectivity index (χ3n) is 4.13. The summed E-state index contributed by atoms with van der Waals surface area (Å²) >= 11 is 0. The van der Waals surface area contributed by atoms with Crippen molar-refractivity contribution >= 4 is 0 Å². The van der Waals surface area contributed by atoms with E-state index in [0.29, 0.717) is 12.0 Å². The Kier molecular flexibility index (Phi) is 4.59. The molecule has 0 spiro atoms. The second-order valence-electron chi connectivity index (χ2n) is 6.47. The zero-order valence-electron chi connectivity index (χ0n) is 12.8. The van der Waals surface area contributed by atoms with E-state index in [0.717, 1.165) is 12.0 Å². The van der Waals surface area contributed by atoms with Gasteiger partial charge in [0.05, 0.1) is 18.8 Å². The summed E-state index contributed by atoms with van der Waals surface area (Å²) in [5, 5.41) is 9.25. The van der Waals surface area contributed by atoms with Gasteiger partial charge in [-0.05, 0) is 48.9 Å². The molecule has 1 N–H and O–H groups in total. The van der Waals surface area contributed by atoms with Crippen molar-refractivity contribution in [1.29, 1.82) is 0 Å². The van der Waals surface area contributed by atoms with Gasteiger partial charge in [0.1, 0.15) is 0 Å². The van der Waals surface area contributed by atoms with Gasteiger partial charge in [0.15, 0.2) is 10.9 Å². The average Bonchev–Trinajstić information content (AvgIpc) is 2.69. The van der Waals surface area contributed by atoms with Crippen molar-refractivity contribution in [2.75, 3.05) is 6.61 Å². The molecule has 1 saturated heterocycles. The number of hydrogen-bond acceptors (Lipinski definition) is 4. The molecule has 2 unspecified atom stereocenters. The molecule has 1 aromatic rings. The van der Waals surface area contributed by atoms with Crippen molar-refractivity contribution in [3.63, 3.8) is 0 Å². The van der Waals surface area contributed by atoms with Crippen molar-refractivity contribution in [3.05, 3.63) is 55.8 Å². The van der Waals surface area contributed by atoms with Gasteiger partial charge in [-0.1, -0.05) is 19.9 Å². The minimum atomic E-state index is -0.172. The summed E-state index contributed by atoms with van der Waals surface area (Å²) in [6, 6.07) is 6.11. The highest BCUT2D eigenvalue weighted by molar-refractivity contribution is 5.19. The Morgan fingerprint density at radius 1 is 1.29 bits per heavy atom. The van der Waals surface area contributed by atoms with Crippen LogP contribution in [0.5, 0.6) is 0 Å². The fourth-order valence-corrected chi connectivity index (χ4v) is 2.83. The maximum Gasteiger partial charge on any atom is 0.181 e. The third kappa shape index (κ3) is 3.77. The first-order valence-corrected chi connectivity index (χ1v) is 7.23. The first-order chi connectivity index (χ1) is 9.81. The van der Waals surface area contributed by atoms with E-state index < -0.39 is 0 Å². The van der Waals surface area contributed by atoms with Crippen LogP contribution < -0.4 is 10.9 Å². The average molecular weight is 290 g/mol. The normalized spacial score (nSPS) is 24.0. The van der Waals surface area contributed by atoms with E-state index in [4.69, 9.17) is 4.74 Å². The van der Waals surface area contributed by atoms with Crippen LogP contribution in [-0.2, 0) is 11.2 Å². The highest BCUT2D eigenvalue weighted by Crippen LogP contribution is 2.39. The van der Waals surface area contributed by atoms with Gasteiger partial charge in [-0.2, -0.15) is 0 Å². The van der Waals surface area contributed by atoms with Gasteiger partial charge in [-0.3, -0.25) is 9.59 Å². The van der Waals surface area contributed by atoms with Gasteiger partial charge >= 0.3 is 0 Å². The molecule has 2 rings (SSSR count). The topological polar surface area (TPSA) is 63.6 Å². The van der Waals surface area contributed by atoms with E-state index >= 15 is 0 Å². The molecule has 1 heterocycles. The van der Waals surface area contributed by atoms with Crippen molar-refractivity contribution in [2.24, 2.45) is 5.41 Å². The summed E-state index contributed by atoms with van der Waals surface area (Å²) < 4.78 is 5.85. The van der Waals surface area contributed by atoms with Crippen molar-refractivity contribution in [2.45, 2.75) is 45.8 Å². The molecular formula is C17H22O4. The van der Waals surface area contributed by atoms with Gasteiger partial charge in [0.25, 0.3) is 0 Å². The Bertz CT molecular complexity index is 636. The monoisotopic (exact) mass is 290 g/mol. The number of aliphatic hydroxyl groups is 1. The first-order valence-electron chi connectivity index (χ1n) is 7.23. The number of rotatable bonds is 3. The van der Waals surface area contributed by atoms with Crippen LogP contribution in [0.4, 0.5) is 0 Å². The number of aryl methyl sites for hydroxylation is 1. The first kappa shape index (κ1) is 15.9. The molecule has 1 aliphatic rings. The fourth-order valence-electron chi connectivity index (χ4n) is 2.83. The van der Waals surface area contributed by atoms with Gasteiger partial charge in [-0.25, -0.2) is 0 Å². The molecule has 1 aliphatic heterocycles. The van der Waals surface area contributed by atoms with Gasteiger partial charge < -0.3 is 9.84 Å². The number of aliphatic hydroxyl groups excluding tert-OH is 1. The highest BCUT2D eigenvalue weighted by Gasteiger charge is 2.40. The summed E-state index contributed by atoms with van der Waals surface area (Å²) in [4.78, 5) is 23.6. The minimum Gasteiger partial charge on any atom is -0.394 e. The van der Waals surface area contributed by atoms with E-state index in [1.807, 2.05) is 0 Å². The quantitative estimate of drug-likeness (QED) is 0.915. The van der Waals surface area contributed by atoms with Crippen LogP contribution in [0.2, 0.25) is 0 Å². The predicted octanol–water partition coefficient (Wildman–Crippen LogP) is 1.43. The molecule has 114 valence electrons. The standard InChI is InChI=1S/C17H22O4/c1-11-6-13(19)7-12(4-5-15(11)20)8-16-17(2,3)9-14(10-18)21-16/h4-7,14,16,18H,8-10H2,1-3H3. The lowest BCUT2D eigenvalue weighted by atomic mass is 9.81. The smallest absolute Gasteiger partial charge is 0.181 e. The molecule has 4 heteroatoms. The van der Waals surface area contributed by atoms with Crippen LogP contribution in [0.1, 0.15) is 31.4 Å². The largest absolute Gasteiger partial charge is 0.394 e. The minimum absolute atomic E-state index is 0.00810. The van der Waals surface area contributed by atoms with Crippen LogP contribution in [0.15, 0.2) is 33.9 Å². The summed E-state index contributed by atoms with van der Waals surface area (Å²) in [6.45, 7) is 5.84. The Morgan fingerprint density at radius 3 is 2.62 bits per heavy atom. The summed E-state index contributed by atoms with van der Waals surface area (Å²) in [5.74, 6) is 0. The molecule has 0 amide bonds. The predicted molar refractivity (Wildman–Crippen MR) is 81.6 cm³/mol. The lowest BCUT2D eigenvalue weighted by molar-refractivity contribution is -0.00377. The van der Waals surface area contributed by atoms with Crippen molar-refractivity contribution in [1.82, 2.24) is 0 Å². The summed E-state index contributed by atoms with van der Waals surface area (Å²) in [5.41, 5.74) is 0.852. The molecule has 0 bridgehead atoms. The van der Waals surface area contributed by atoms with Crippen LogP contribution in [0.25, 0.3) is 0 Å².